The number of halogens is 1. The number of anilines is 1. The van der Waals surface area contributed by atoms with E-state index in [1.165, 1.54) is 0 Å². The van der Waals surface area contributed by atoms with E-state index in [2.05, 4.69) is 0 Å². The van der Waals surface area contributed by atoms with Crippen molar-refractivity contribution >= 4 is 39.9 Å². The molecule has 0 N–H and O–H groups in total. The summed E-state index contributed by atoms with van der Waals surface area (Å²) in [6, 6.07) is 20.9. The number of unbranched alkanes of at least 4 members (excludes halogenated alkanes) is 1. The molecular weight excluding hydrogens is 386 g/mol. The Morgan fingerprint density at radius 1 is 0.931 bits per heavy atom. The molecule has 5 heteroatoms. The number of ether oxygens (including phenoxy) is 1. The van der Waals surface area contributed by atoms with Crippen molar-refractivity contribution in [2.75, 3.05) is 18.1 Å². The number of carbonyl (C=O) groups excluding carboxylic acids is 2. The second-order valence-electron chi connectivity index (χ2n) is 6.72. The fourth-order valence-corrected chi connectivity index (χ4v) is 3.42. The van der Waals surface area contributed by atoms with Crippen LogP contribution in [0.25, 0.3) is 10.8 Å². The molecule has 0 aliphatic carbocycles. The summed E-state index contributed by atoms with van der Waals surface area (Å²) >= 11 is 5.98. The molecule has 3 aromatic carbocycles. The van der Waals surface area contributed by atoms with Crippen molar-refractivity contribution in [2.24, 2.45) is 0 Å². The maximum absolute atomic E-state index is 13.3. The third-order valence-corrected chi connectivity index (χ3v) is 4.96. The van der Waals surface area contributed by atoms with Gasteiger partial charge in [0.05, 0.1) is 12.3 Å². The van der Waals surface area contributed by atoms with E-state index in [1.807, 2.05) is 42.5 Å². The van der Waals surface area contributed by atoms with Crippen molar-refractivity contribution in [2.45, 2.75) is 26.2 Å². The molecule has 0 aliphatic heterocycles. The van der Waals surface area contributed by atoms with Crippen molar-refractivity contribution in [3.05, 3.63) is 77.3 Å². The fourth-order valence-electron chi connectivity index (χ4n) is 3.30. The molecule has 0 heterocycles. The number of carbonyl (C=O) groups is 2. The highest BCUT2D eigenvalue weighted by Gasteiger charge is 2.19. The highest BCUT2D eigenvalue weighted by atomic mass is 35.5. The van der Waals surface area contributed by atoms with Crippen LogP contribution in [0.4, 0.5) is 5.69 Å². The van der Waals surface area contributed by atoms with Crippen molar-refractivity contribution in [3.63, 3.8) is 0 Å². The van der Waals surface area contributed by atoms with Crippen LogP contribution in [0.15, 0.2) is 66.7 Å². The number of amides is 1. The Hall–Kier alpha value is -2.85. The topological polar surface area (TPSA) is 46.6 Å². The van der Waals surface area contributed by atoms with E-state index in [9.17, 15) is 9.59 Å². The fraction of sp³-hybridized carbons (Fsp3) is 0.250. The molecule has 0 fully saturated rings. The number of fused-ring (bicyclic) bond motifs is 1. The molecule has 0 unspecified atom stereocenters. The average Bonchev–Trinajstić information content (AvgIpc) is 2.74. The second kappa shape index (κ2) is 10.1. The summed E-state index contributed by atoms with van der Waals surface area (Å²) in [5.74, 6) is -0.289. The van der Waals surface area contributed by atoms with Crippen molar-refractivity contribution in [3.8, 4) is 0 Å². The van der Waals surface area contributed by atoms with Gasteiger partial charge in [-0.1, -0.05) is 48.0 Å². The van der Waals surface area contributed by atoms with E-state index < -0.39 is 0 Å². The average molecular weight is 410 g/mol. The highest BCUT2D eigenvalue weighted by molar-refractivity contribution is 6.30. The SMILES string of the molecule is CCOC(=O)CCCCN(C(=O)c1ccc(Cl)cc1)c1cccc2ccccc12. The molecule has 29 heavy (non-hydrogen) atoms. The summed E-state index contributed by atoms with van der Waals surface area (Å²) in [4.78, 5) is 26.7. The van der Waals surface area contributed by atoms with Gasteiger partial charge < -0.3 is 9.64 Å². The number of hydrogen-bond donors (Lipinski definition) is 0. The molecule has 150 valence electrons. The molecule has 0 aliphatic rings. The Kier molecular flexibility index (Phi) is 7.25. The van der Waals surface area contributed by atoms with Crippen molar-refractivity contribution in [1.82, 2.24) is 0 Å². The number of rotatable bonds is 8. The predicted octanol–water partition coefficient (Wildman–Crippen LogP) is 5.87. The van der Waals surface area contributed by atoms with Gasteiger partial charge in [0.2, 0.25) is 0 Å². The molecule has 0 aromatic heterocycles. The van der Waals surface area contributed by atoms with Gasteiger partial charge in [-0.25, -0.2) is 0 Å². The molecule has 3 rings (SSSR count). The molecule has 1 amide bonds. The molecule has 0 radical (unpaired) electrons. The second-order valence-corrected chi connectivity index (χ2v) is 7.16. The Morgan fingerprint density at radius 3 is 2.41 bits per heavy atom. The summed E-state index contributed by atoms with van der Waals surface area (Å²) in [5, 5.41) is 2.68. The van der Waals surface area contributed by atoms with E-state index >= 15 is 0 Å². The van der Waals surface area contributed by atoms with Gasteiger partial charge >= 0.3 is 5.97 Å². The monoisotopic (exact) mass is 409 g/mol. The summed E-state index contributed by atoms with van der Waals surface area (Å²) in [5.41, 5.74) is 1.44. The van der Waals surface area contributed by atoms with Gasteiger partial charge in [-0.2, -0.15) is 0 Å². The van der Waals surface area contributed by atoms with Gasteiger partial charge in [-0.15, -0.1) is 0 Å². The minimum Gasteiger partial charge on any atom is -0.466 e. The summed E-state index contributed by atoms with van der Waals surface area (Å²) < 4.78 is 4.99. The maximum atomic E-state index is 13.3. The van der Waals surface area contributed by atoms with Crippen LogP contribution >= 0.6 is 11.6 Å². The van der Waals surface area contributed by atoms with E-state index in [4.69, 9.17) is 16.3 Å². The lowest BCUT2D eigenvalue weighted by atomic mass is 10.1. The Labute approximate surface area is 176 Å². The van der Waals surface area contributed by atoms with Crippen LogP contribution in [0, 0.1) is 0 Å². The number of hydrogen-bond acceptors (Lipinski definition) is 3. The van der Waals surface area contributed by atoms with Crippen LogP contribution in [0.3, 0.4) is 0 Å². The van der Waals surface area contributed by atoms with Gasteiger partial charge in [0, 0.05) is 28.9 Å². The van der Waals surface area contributed by atoms with Gasteiger partial charge in [-0.05, 0) is 55.5 Å². The highest BCUT2D eigenvalue weighted by Crippen LogP contribution is 2.28. The zero-order valence-electron chi connectivity index (χ0n) is 16.4. The number of nitrogens with zero attached hydrogens (tertiary/aromatic N) is 1. The van der Waals surface area contributed by atoms with Crippen molar-refractivity contribution in [1.29, 1.82) is 0 Å². The quantitative estimate of drug-likeness (QED) is 0.345. The first-order chi connectivity index (χ1) is 14.1. The van der Waals surface area contributed by atoms with Crippen LogP contribution in [-0.2, 0) is 9.53 Å². The lowest BCUT2D eigenvalue weighted by molar-refractivity contribution is -0.143. The normalized spacial score (nSPS) is 10.7. The molecule has 0 spiro atoms. The van der Waals surface area contributed by atoms with Crippen LogP contribution in [0.2, 0.25) is 5.02 Å². The molecule has 0 saturated carbocycles. The largest absolute Gasteiger partial charge is 0.466 e. The van der Waals surface area contributed by atoms with Crippen LogP contribution in [-0.4, -0.2) is 25.0 Å². The molecule has 3 aromatic rings. The van der Waals surface area contributed by atoms with Gasteiger partial charge in [0.15, 0.2) is 0 Å². The zero-order chi connectivity index (χ0) is 20.6. The number of esters is 1. The molecule has 0 saturated heterocycles. The summed E-state index contributed by atoms with van der Waals surface area (Å²) in [6.45, 7) is 2.69. The lowest BCUT2D eigenvalue weighted by Crippen LogP contribution is -2.32. The first kappa shape index (κ1) is 20.9. The smallest absolute Gasteiger partial charge is 0.305 e. The Balaban J connectivity index is 1.86. The van der Waals surface area contributed by atoms with Crippen molar-refractivity contribution < 1.29 is 14.3 Å². The van der Waals surface area contributed by atoms with Crippen LogP contribution in [0.1, 0.15) is 36.5 Å². The van der Waals surface area contributed by atoms with Gasteiger partial charge in [0.25, 0.3) is 5.91 Å². The van der Waals surface area contributed by atoms with Crippen LogP contribution in [0.5, 0.6) is 0 Å². The first-order valence-electron chi connectivity index (χ1n) is 9.81. The molecule has 0 atom stereocenters. The summed E-state index contributed by atoms with van der Waals surface area (Å²) in [6.07, 6.45) is 1.71. The Bertz CT molecular complexity index is 980. The van der Waals surface area contributed by atoms with E-state index in [1.54, 1.807) is 36.1 Å². The minimum atomic E-state index is -0.201. The summed E-state index contributed by atoms with van der Waals surface area (Å²) in [7, 11) is 0. The molecule has 4 nitrogen and oxygen atoms in total. The third kappa shape index (κ3) is 5.36. The minimum absolute atomic E-state index is 0.0887. The van der Waals surface area contributed by atoms with Crippen LogP contribution < -0.4 is 4.90 Å². The zero-order valence-corrected chi connectivity index (χ0v) is 17.2. The number of benzene rings is 3. The Morgan fingerprint density at radius 2 is 1.66 bits per heavy atom. The van der Waals surface area contributed by atoms with Gasteiger partial charge in [-0.3, -0.25) is 9.59 Å². The predicted molar refractivity (Wildman–Crippen MR) is 118 cm³/mol. The maximum Gasteiger partial charge on any atom is 0.305 e. The molecule has 0 bridgehead atoms. The third-order valence-electron chi connectivity index (χ3n) is 4.71. The first-order valence-corrected chi connectivity index (χ1v) is 10.2. The standard InChI is InChI=1S/C24H24ClNO3/c1-2-29-23(27)12-5-6-17-26(24(28)19-13-15-20(25)16-14-19)22-11-7-9-18-8-3-4-10-21(18)22/h3-4,7-11,13-16H,2,5-6,12,17H2,1H3. The van der Waals surface area contributed by atoms with E-state index in [-0.39, 0.29) is 11.9 Å². The van der Waals surface area contributed by atoms with E-state index in [0.29, 0.717) is 43.0 Å². The molecular formula is C24H24ClNO3. The lowest BCUT2D eigenvalue weighted by Gasteiger charge is -2.24. The van der Waals surface area contributed by atoms with E-state index in [0.717, 1.165) is 16.5 Å². The van der Waals surface area contributed by atoms with Gasteiger partial charge in [0.1, 0.15) is 0 Å².